The maximum Gasteiger partial charge on any atom is 0.334 e. The Labute approximate surface area is 177 Å². The van der Waals surface area contributed by atoms with Crippen LogP contribution in [0.5, 0.6) is 0 Å². The second kappa shape index (κ2) is 21.1. The molecule has 0 spiro atoms. The first-order valence-electron chi connectivity index (χ1n) is 9.97. The van der Waals surface area contributed by atoms with Crippen molar-refractivity contribution in [3.63, 3.8) is 0 Å². The molecule has 0 aromatic carbocycles. The third-order valence-electron chi connectivity index (χ3n) is 4.04. The molecular formula is C22H36O4Zn. The largest absolute Gasteiger partial charge is 0.478 e. The molecule has 4 nitrogen and oxygen atoms in total. The molecule has 1 N–H and O–H groups in total. The predicted octanol–water partition coefficient (Wildman–Crippen LogP) is 6.33. The molecule has 0 aliphatic heterocycles. The van der Waals surface area contributed by atoms with Crippen molar-refractivity contribution in [3.8, 4) is 0 Å². The van der Waals surface area contributed by atoms with Gasteiger partial charge >= 0.3 is 11.9 Å². The Kier molecular flexibility index (Phi) is 21.9. The second-order valence-corrected chi connectivity index (χ2v) is 6.58. The molecule has 0 saturated heterocycles. The topological polar surface area (TPSA) is 63.6 Å². The van der Waals surface area contributed by atoms with Crippen LogP contribution >= 0.6 is 0 Å². The predicted molar refractivity (Wildman–Crippen MR) is 107 cm³/mol. The minimum atomic E-state index is -1.07. The fraction of sp³-hybridized carbons (Fsp3) is 0.636. The van der Waals surface area contributed by atoms with Crippen molar-refractivity contribution in [2.24, 2.45) is 0 Å². The van der Waals surface area contributed by atoms with E-state index < -0.39 is 5.97 Å². The molecule has 0 rings (SSSR count). The Morgan fingerprint density at radius 2 is 1.41 bits per heavy atom. The van der Waals surface area contributed by atoms with Crippen LogP contribution in [0.1, 0.15) is 90.9 Å². The summed E-state index contributed by atoms with van der Waals surface area (Å²) in [5, 5.41) is 8.64. The van der Waals surface area contributed by atoms with Gasteiger partial charge in [0.25, 0.3) is 0 Å². The summed E-state index contributed by atoms with van der Waals surface area (Å²) in [7, 11) is 0. The van der Waals surface area contributed by atoms with E-state index in [4.69, 9.17) is 9.84 Å². The van der Waals surface area contributed by atoms with Crippen LogP contribution in [0.3, 0.4) is 0 Å². The molecule has 0 bridgehead atoms. The van der Waals surface area contributed by atoms with Gasteiger partial charge in [0, 0.05) is 25.9 Å². The van der Waals surface area contributed by atoms with E-state index >= 15 is 0 Å². The SMILES string of the molecule is CCCCC/C=C/C/C=C/CCCCCCCC(=O)OC=C(C)C(=O)O.[Zn]. The van der Waals surface area contributed by atoms with Crippen LogP contribution in [0.15, 0.2) is 36.1 Å². The van der Waals surface area contributed by atoms with Gasteiger partial charge in [-0.05, 0) is 45.4 Å². The molecule has 0 saturated carbocycles. The Hall–Kier alpha value is -1.22. The van der Waals surface area contributed by atoms with Crippen molar-refractivity contribution in [2.75, 3.05) is 0 Å². The van der Waals surface area contributed by atoms with Gasteiger partial charge in [0.2, 0.25) is 0 Å². The fourth-order valence-electron chi connectivity index (χ4n) is 2.34. The van der Waals surface area contributed by atoms with E-state index in [1.165, 1.54) is 45.4 Å². The van der Waals surface area contributed by atoms with Crippen LogP contribution in [-0.2, 0) is 33.8 Å². The van der Waals surface area contributed by atoms with Gasteiger partial charge in [0.15, 0.2) is 0 Å². The molecule has 0 aliphatic carbocycles. The molecule has 0 fully saturated rings. The van der Waals surface area contributed by atoms with Crippen LogP contribution in [0.25, 0.3) is 0 Å². The van der Waals surface area contributed by atoms with E-state index in [2.05, 4.69) is 31.2 Å². The number of hydrogen-bond acceptors (Lipinski definition) is 3. The standard InChI is InChI=1S/C22H36O4.Zn/c1-3-4-5-6-7-8-9-10-11-12-13-14-15-16-17-18-21(23)26-19-20(2)22(24)25;/h7-8,10-11,19H,3-6,9,12-18H2,1-2H3,(H,24,25);/b8-7+,11-10+,20-19?;. The molecule has 0 aromatic rings. The van der Waals surface area contributed by atoms with Crippen molar-refractivity contribution in [2.45, 2.75) is 90.9 Å². The summed E-state index contributed by atoms with van der Waals surface area (Å²) in [5.74, 6) is -1.44. The molecule has 150 valence electrons. The van der Waals surface area contributed by atoms with E-state index in [-0.39, 0.29) is 31.0 Å². The third kappa shape index (κ3) is 20.9. The number of rotatable bonds is 16. The molecule has 0 heterocycles. The number of carbonyl (C=O) groups is 2. The molecule has 0 aliphatic rings. The quantitative estimate of drug-likeness (QED) is 0.0777. The second-order valence-electron chi connectivity index (χ2n) is 6.58. The van der Waals surface area contributed by atoms with Gasteiger partial charge in [-0.25, -0.2) is 4.79 Å². The first-order chi connectivity index (χ1) is 12.6. The van der Waals surface area contributed by atoms with Crippen molar-refractivity contribution in [3.05, 3.63) is 36.1 Å². The Morgan fingerprint density at radius 3 is 2.00 bits per heavy atom. The number of ether oxygens (including phenoxy) is 1. The minimum absolute atomic E-state index is 0. The number of aliphatic carboxylic acids is 1. The van der Waals surface area contributed by atoms with Gasteiger partial charge in [-0.15, -0.1) is 0 Å². The van der Waals surface area contributed by atoms with E-state index in [0.717, 1.165) is 38.4 Å². The van der Waals surface area contributed by atoms with Gasteiger partial charge in [0.1, 0.15) is 6.26 Å². The van der Waals surface area contributed by atoms with Crippen LogP contribution in [-0.4, -0.2) is 17.0 Å². The molecular weight excluding hydrogens is 394 g/mol. The van der Waals surface area contributed by atoms with Crippen LogP contribution in [0, 0.1) is 0 Å². The Bertz CT molecular complexity index is 467. The monoisotopic (exact) mass is 428 g/mol. The summed E-state index contributed by atoms with van der Waals surface area (Å²) in [4.78, 5) is 22.0. The van der Waals surface area contributed by atoms with Gasteiger partial charge in [-0.1, -0.05) is 63.3 Å². The molecule has 0 aromatic heterocycles. The van der Waals surface area contributed by atoms with Gasteiger partial charge in [0.05, 0.1) is 5.57 Å². The normalized spacial score (nSPS) is 11.7. The maximum atomic E-state index is 11.4. The maximum absolute atomic E-state index is 11.4. The van der Waals surface area contributed by atoms with Crippen LogP contribution in [0.2, 0.25) is 0 Å². The molecule has 0 atom stereocenters. The zero-order valence-electron chi connectivity index (χ0n) is 17.3. The van der Waals surface area contributed by atoms with Gasteiger partial charge in [-0.2, -0.15) is 0 Å². The van der Waals surface area contributed by atoms with E-state index in [1.807, 2.05) is 0 Å². The number of esters is 1. The van der Waals surface area contributed by atoms with Crippen LogP contribution in [0.4, 0.5) is 0 Å². The number of carboxylic acid groups (broad SMARTS) is 1. The Morgan fingerprint density at radius 1 is 0.852 bits per heavy atom. The zero-order valence-corrected chi connectivity index (χ0v) is 20.2. The summed E-state index contributed by atoms with van der Waals surface area (Å²) in [6.07, 6.45) is 22.9. The van der Waals surface area contributed by atoms with E-state index in [9.17, 15) is 9.59 Å². The summed E-state index contributed by atoms with van der Waals surface area (Å²) >= 11 is 0. The molecule has 27 heavy (non-hydrogen) atoms. The average Bonchev–Trinajstić information content (AvgIpc) is 2.62. The smallest absolute Gasteiger partial charge is 0.334 e. The van der Waals surface area contributed by atoms with Gasteiger partial charge < -0.3 is 9.84 Å². The number of carbonyl (C=O) groups excluding carboxylic acids is 1. The fourth-order valence-corrected chi connectivity index (χ4v) is 2.34. The molecule has 5 heteroatoms. The number of unbranched alkanes of at least 4 members (excludes halogenated alkanes) is 8. The summed E-state index contributed by atoms with van der Waals surface area (Å²) in [6.45, 7) is 3.62. The van der Waals surface area contributed by atoms with Crippen molar-refractivity contribution < 1.29 is 38.9 Å². The van der Waals surface area contributed by atoms with E-state index in [1.54, 1.807) is 0 Å². The first-order valence-corrected chi connectivity index (χ1v) is 9.97. The zero-order chi connectivity index (χ0) is 19.5. The summed E-state index contributed by atoms with van der Waals surface area (Å²) in [5.41, 5.74) is 0.0263. The van der Waals surface area contributed by atoms with Crippen molar-refractivity contribution in [1.82, 2.24) is 0 Å². The summed E-state index contributed by atoms with van der Waals surface area (Å²) in [6, 6.07) is 0. The molecule has 0 amide bonds. The van der Waals surface area contributed by atoms with Crippen molar-refractivity contribution in [1.29, 1.82) is 0 Å². The molecule has 0 unspecified atom stereocenters. The van der Waals surface area contributed by atoms with Crippen LogP contribution < -0.4 is 0 Å². The first kappa shape index (κ1) is 28.0. The minimum Gasteiger partial charge on any atom is -0.478 e. The Balaban J connectivity index is 0. The number of carboxylic acids is 1. The molecule has 0 radical (unpaired) electrons. The average molecular weight is 430 g/mol. The van der Waals surface area contributed by atoms with Crippen molar-refractivity contribution >= 4 is 11.9 Å². The number of allylic oxidation sites excluding steroid dienone is 4. The van der Waals surface area contributed by atoms with Gasteiger partial charge in [-0.3, -0.25) is 4.79 Å². The van der Waals surface area contributed by atoms with E-state index in [0.29, 0.717) is 6.42 Å². The number of hydrogen-bond donors (Lipinski definition) is 1. The summed E-state index contributed by atoms with van der Waals surface area (Å²) < 4.78 is 4.79. The third-order valence-corrected chi connectivity index (χ3v) is 4.04.